The second kappa shape index (κ2) is 8.26. The SMILES string of the molecule is COc1ccc(Oc2ccc(CNCc3ccccc3F)cn2)cc1. The van der Waals surface area contributed by atoms with E-state index in [9.17, 15) is 4.39 Å². The van der Waals surface area contributed by atoms with Crippen LogP contribution in [0.5, 0.6) is 17.4 Å². The lowest BCUT2D eigenvalue weighted by Gasteiger charge is -2.08. The van der Waals surface area contributed by atoms with Gasteiger partial charge in [-0.1, -0.05) is 24.3 Å². The average molecular weight is 338 g/mol. The molecule has 0 spiro atoms. The molecule has 0 aliphatic heterocycles. The highest BCUT2D eigenvalue weighted by Gasteiger charge is 2.02. The van der Waals surface area contributed by atoms with E-state index < -0.39 is 0 Å². The summed E-state index contributed by atoms with van der Waals surface area (Å²) in [5.74, 6) is 1.79. The fourth-order valence-electron chi connectivity index (χ4n) is 2.32. The van der Waals surface area contributed by atoms with E-state index in [1.54, 1.807) is 25.4 Å². The molecule has 128 valence electrons. The Morgan fingerprint density at radius 3 is 2.36 bits per heavy atom. The molecule has 3 aromatic rings. The van der Waals surface area contributed by atoms with E-state index >= 15 is 0 Å². The van der Waals surface area contributed by atoms with Crippen molar-refractivity contribution in [2.45, 2.75) is 13.1 Å². The molecule has 4 nitrogen and oxygen atoms in total. The lowest BCUT2D eigenvalue weighted by atomic mass is 10.2. The number of nitrogens with zero attached hydrogens (tertiary/aromatic N) is 1. The topological polar surface area (TPSA) is 43.4 Å². The lowest BCUT2D eigenvalue weighted by Crippen LogP contribution is -2.13. The minimum absolute atomic E-state index is 0.198. The van der Waals surface area contributed by atoms with E-state index in [-0.39, 0.29) is 5.82 Å². The van der Waals surface area contributed by atoms with Crippen LogP contribution in [0.15, 0.2) is 66.9 Å². The molecule has 5 heteroatoms. The number of aromatic nitrogens is 1. The van der Waals surface area contributed by atoms with Gasteiger partial charge >= 0.3 is 0 Å². The largest absolute Gasteiger partial charge is 0.497 e. The van der Waals surface area contributed by atoms with Crippen LogP contribution in [0.3, 0.4) is 0 Å². The number of ether oxygens (including phenoxy) is 2. The first-order chi connectivity index (χ1) is 12.2. The maximum atomic E-state index is 13.5. The van der Waals surface area contributed by atoms with Crippen molar-refractivity contribution in [3.05, 3.63) is 83.8 Å². The summed E-state index contributed by atoms with van der Waals surface area (Å²) >= 11 is 0. The van der Waals surface area contributed by atoms with Crippen molar-refractivity contribution in [1.82, 2.24) is 10.3 Å². The van der Waals surface area contributed by atoms with Crippen molar-refractivity contribution in [3.63, 3.8) is 0 Å². The first-order valence-electron chi connectivity index (χ1n) is 7.95. The van der Waals surface area contributed by atoms with E-state index in [2.05, 4.69) is 10.3 Å². The summed E-state index contributed by atoms with van der Waals surface area (Å²) < 4.78 is 24.3. The molecule has 0 saturated carbocycles. The Morgan fingerprint density at radius 2 is 1.68 bits per heavy atom. The number of hydrogen-bond acceptors (Lipinski definition) is 4. The van der Waals surface area contributed by atoms with Crippen molar-refractivity contribution in [2.24, 2.45) is 0 Å². The monoisotopic (exact) mass is 338 g/mol. The quantitative estimate of drug-likeness (QED) is 0.697. The van der Waals surface area contributed by atoms with Gasteiger partial charge in [-0.25, -0.2) is 9.37 Å². The zero-order valence-corrected chi connectivity index (χ0v) is 13.9. The van der Waals surface area contributed by atoms with Crippen LogP contribution in [-0.2, 0) is 13.1 Å². The summed E-state index contributed by atoms with van der Waals surface area (Å²) in [6.45, 7) is 1.07. The highest BCUT2D eigenvalue weighted by molar-refractivity contribution is 5.33. The number of halogens is 1. The molecule has 1 aromatic heterocycles. The maximum Gasteiger partial charge on any atom is 0.219 e. The zero-order valence-electron chi connectivity index (χ0n) is 13.9. The molecule has 0 saturated heterocycles. The number of benzene rings is 2. The van der Waals surface area contributed by atoms with E-state index in [1.165, 1.54) is 6.07 Å². The summed E-state index contributed by atoms with van der Waals surface area (Å²) in [5, 5.41) is 3.21. The van der Waals surface area contributed by atoms with Gasteiger partial charge < -0.3 is 14.8 Å². The Bertz CT molecular complexity index is 805. The summed E-state index contributed by atoms with van der Waals surface area (Å²) in [6.07, 6.45) is 1.74. The van der Waals surface area contributed by atoms with Crippen molar-refractivity contribution in [2.75, 3.05) is 7.11 Å². The Labute approximate surface area is 146 Å². The van der Waals surface area contributed by atoms with Gasteiger partial charge in [-0.15, -0.1) is 0 Å². The third-order valence-electron chi connectivity index (χ3n) is 3.68. The van der Waals surface area contributed by atoms with Crippen molar-refractivity contribution in [3.8, 4) is 17.4 Å². The summed E-state index contributed by atoms with van der Waals surface area (Å²) in [6, 6.07) is 17.8. The highest BCUT2D eigenvalue weighted by atomic mass is 19.1. The zero-order chi connectivity index (χ0) is 17.5. The van der Waals surface area contributed by atoms with Gasteiger partial charge in [-0.2, -0.15) is 0 Å². The second-order valence-corrected chi connectivity index (χ2v) is 5.48. The summed E-state index contributed by atoms with van der Waals surface area (Å²) in [7, 11) is 1.62. The van der Waals surface area contributed by atoms with Gasteiger partial charge in [0.25, 0.3) is 0 Å². The van der Waals surface area contributed by atoms with Crippen LogP contribution in [0.4, 0.5) is 4.39 Å². The van der Waals surface area contributed by atoms with Gasteiger partial charge in [0.15, 0.2) is 0 Å². The summed E-state index contributed by atoms with van der Waals surface area (Å²) in [5.41, 5.74) is 1.65. The van der Waals surface area contributed by atoms with E-state index in [0.717, 1.165) is 11.3 Å². The summed E-state index contributed by atoms with van der Waals surface area (Å²) in [4.78, 5) is 4.29. The van der Waals surface area contributed by atoms with Crippen LogP contribution >= 0.6 is 0 Å². The van der Waals surface area contributed by atoms with E-state index in [1.807, 2.05) is 42.5 Å². The first kappa shape index (κ1) is 16.9. The van der Waals surface area contributed by atoms with Crippen molar-refractivity contribution in [1.29, 1.82) is 0 Å². The Kier molecular flexibility index (Phi) is 5.59. The predicted molar refractivity (Wildman–Crippen MR) is 94.2 cm³/mol. The third-order valence-corrected chi connectivity index (χ3v) is 3.68. The molecule has 0 bridgehead atoms. The molecule has 25 heavy (non-hydrogen) atoms. The molecule has 0 unspecified atom stereocenters. The predicted octanol–water partition coefficient (Wildman–Crippen LogP) is 4.31. The van der Waals surface area contributed by atoms with Crippen LogP contribution < -0.4 is 14.8 Å². The molecule has 0 aliphatic carbocycles. The molecule has 1 heterocycles. The van der Waals surface area contributed by atoms with Gasteiger partial charge in [0, 0.05) is 30.9 Å². The molecule has 2 aromatic carbocycles. The fourth-order valence-corrected chi connectivity index (χ4v) is 2.32. The lowest BCUT2D eigenvalue weighted by molar-refractivity contribution is 0.412. The first-order valence-corrected chi connectivity index (χ1v) is 7.95. The van der Waals surface area contributed by atoms with Gasteiger partial charge in [0.1, 0.15) is 17.3 Å². The number of nitrogens with one attached hydrogen (secondary N) is 1. The molecule has 0 atom stereocenters. The van der Waals surface area contributed by atoms with Crippen LogP contribution in [-0.4, -0.2) is 12.1 Å². The van der Waals surface area contributed by atoms with Crippen LogP contribution in [0, 0.1) is 5.82 Å². The van der Waals surface area contributed by atoms with E-state index in [0.29, 0.717) is 30.3 Å². The van der Waals surface area contributed by atoms with Crippen LogP contribution in [0.1, 0.15) is 11.1 Å². The molecular weight excluding hydrogens is 319 g/mol. The number of hydrogen-bond donors (Lipinski definition) is 1. The average Bonchev–Trinajstić information content (AvgIpc) is 2.65. The number of methoxy groups -OCH3 is 1. The normalized spacial score (nSPS) is 10.5. The molecule has 3 rings (SSSR count). The van der Waals surface area contributed by atoms with Gasteiger partial charge in [0.05, 0.1) is 7.11 Å². The van der Waals surface area contributed by atoms with Crippen molar-refractivity contribution < 1.29 is 13.9 Å². The van der Waals surface area contributed by atoms with Gasteiger partial charge in [-0.3, -0.25) is 0 Å². The minimum atomic E-state index is -0.198. The standard InChI is InChI=1S/C20H19FN2O2/c1-24-17-7-9-18(10-8-17)25-20-11-6-15(13-23-20)12-22-14-16-4-2-3-5-19(16)21/h2-11,13,22H,12,14H2,1H3. The molecule has 0 fully saturated rings. The Morgan fingerprint density at radius 1 is 0.920 bits per heavy atom. The Balaban J connectivity index is 1.52. The van der Waals surface area contributed by atoms with Crippen LogP contribution in [0.25, 0.3) is 0 Å². The fraction of sp³-hybridized carbons (Fsp3) is 0.150. The molecule has 0 radical (unpaired) electrons. The minimum Gasteiger partial charge on any atom is -0.497 e. The maximum absolute atomic E-state index is 13.5. The molecule has 0 amide bonds. The van der Waals surface area contributed by atoms with Crippen LogP contribution in [0.2, 0.25) is 0 Å². The number of rotatable bonds is 7. The molecular formula is C20H19FN2O2. The highest BCUT2D eigenvalue weighted by Crippen LogP contribution is 2.22. The van der Waals surface area contributed by atoms with Gasteiger partial charge in [0.2, 0.25) is 5.88 Å². The third kappa shape index (κ3) is 4.78. The second-order valence-electron chi connectivity index (χ2n) is 5.48. The Hall–Kier alpha value is -2.92. The van der Waals surface area contributed by atoms with Crippen molar-refractivity contribution >= 4 is 0 Å². The number of pyridine rings is 1. The van der Waals surface area contributed by atoms with Gasteiger partial charge in [-0.05, 0) is 35.9 Å². The molecule has 0 aliphatic rings. The smallest absolute Gasteiger partial charge is 0.219 e. The molecule has 1 N–H and O–H groups in total. The van der Waals surface area contributed by atoms with E-state index in [4.69, 9.17) is 9.47 Å².